The molecule has 0 fully saturated rings. The summed E-state index contributed by atoms with van der Waals surface area (Å²) in [6.07, 6.45) is 63.9. The highest BCUT2D eigenvalue weighted by atomic mass is 16.5. The van der Waals surface area contributed by atoms with Gasteiger partial charge in [-0.2, -0.15) is 0 Å². The van der Waals surface area contributed by atoms with Gasteiger partial charge in [0.05, 0.1) is 25.2 Å². The number of unbranched alkanes of at least 4 members (excludes halogenated alkanes) is 24. The number of carbonyl (C=O) groups is 2. The van der Waals surface area contributed by atoms with E-state index >= 15 is 0 Å². The molecule has 0 spiro atoms. The first-order chi connectivity index (χ1) is 31.0. The van der Waals surface area contributed by atoms with Crippen LogP contribution in [0.15, 0.2) is 72.9 Å². The molecule has 6 nitrogen and oxygen atoms in total. The van der Waals surface area contributed by atoms with Crippen molar-refractivity contribution in [1.82, 2.24) is 5.32 Å². The van der Waals surface area contributed by atoms with Crippen molar-refractivity contribution in [2.45, 2.75) is 270 Å². The number of hydrogen-bond acceptors (Lipinski definition) is 5. The molecule has 0 heterocycles. The van der Waals surface area contributed by atoms with Gasteiger partial charge in [-0.25, -0.2) is 0 Å². The van der Waals surface area contributed by atoms with Crippen LogP contribution in [0.5, 0.6) is 0 Å². The van der Waals surface area contributed by atoms with E-state index in [1.165, 1.54) is 109 Å². The lowest BCUT2D eigenvalue weighted by Crippen LogP contribution is -2.46. The van der Waals surface area contributed by atoms with Gasteiger partial charge in [-0.05, 0) is 96.3 Å². The van der Waals surface area contributed by atoms with Gasteiger partial charge in [-0.1, -0.05) is 216 Å². The van der Waals surface area contributed by atoms with E-state index in [1.54, 1.807) is 0 Å². The van der Waals surface area contributed by atoms with Crippen LogP contribution in [0.2, 0.25) is 0 Å². The average Bonchev–Trinajstić information content (AvgIpc) is 3.28. The van der Waals surface area contributed by atoms with E-state index in [2.05, 4.69) is 99.0 Å². The molecule has 0 saturated heterocycles. The number of rotatable bonds is 47. The maximum Gasteiger partial charge on any atom is 0.306 e. The summed E-state index contributed by atoms with van der Waals surface area (Å²) in [4.78, 5) is 26.1. The lowest BCUT2D eigenvalue weighted by atomic mass is 10.0. The second kappa shape index (κ2) is 50.3. The second-order valence-corrected chi connectivity index (χ2v) is 17.9. The number of esters is 1. The molecule has 0 rings (SSSR count). The highest BCUT2D eigenvalue weighted by Crippen LogP contribution is 2.17. The molecule has 0 radical (unpaired) electrons. The van der Waals surface area contributed by atoms with E-state index in [9.17, 15) is 19.8 Å². The van der Waals surface area contributed by atoms with E-state index in [0.717, 1.165) is 96.3 Å². The standard InChI is InChI=1S/C57H101NO5/c1-4-7-10-13-16-19-21-23-25-27-28-29-31-33-35-38-41-44-47-50-57(62)63-53(48-45-42-39-37-34-32-30-26-24-22-20-17-14-11-8-5-2)51-56(61)58-54(52-59)55(60)49-46-43-40-36-18-15-12-9-6-3/h16,19,23,25-26,28-30,32-35,53-55,59-60H,4-15,17-18,20-22,24,27,31,36-52H2,1-3H3,(H,58,61)/b19-16-,25-23-,29-28-,30-26+,34-32+,35-33-. The van der Waals surface area contributed by atoms with E-state index in [4.69, 9.17) is 4.74 Å². The van der Waals surface area contributed by atoms with Crippen LogP contribution in [-0.2, 0) is 14.3 Å². The quantitative estimate of drug-likeness (QED) is 0.0245. The third-order valence-electron chi connectivity index (χ3n) is 11.8. The Morgan fingerprint density at radius 3 is 1.37 bits per heavy atom. The molecule has 0 aliphatic carbocycles. The van der Waals surface area contributed by atoms with Gasteiger partial charge >= 0.3 is 5.97 Å². The zero-order chi connectivity index (χ0) is 45.9. The fraction of sp³-hybridized carbons (Fsp3) is 0.754. The predicted octanol–water partition coefficient (Wildman–Crippen LogP) is 16.2. The highest BCUT2D eigenvalue weighted by molar-refractivity contribution is 5.77. The van der Waals surface area contributed by atoms with Gasteiger partial charge in [0.25, 0.3) is 0 Å². The first-order valence-electron chi connectivity index (χ1n) is 26.7. The van der Waals surface area contributed by atoms with Crippen molar-refractivity contribution in [3.8, 4) is 0 Å². The summed E-state index contributed by atoms with van der Waals surface area (Å²) in [7, 11) is 0. The lowest BCUT2D eigenvalue weighted by Gasteiger charge is -2.24. The number of hydrogen-bond donors (Lipinski definition) is 3. The number of carbonyl (C=O) groups excluding carboxylic acids is 2. The summed E-state index contributed by atoms with van der Waals surface area (Å²) in [5, 5.41) is 23.7. The van der Waals surface area contributed by atoms with Crippen molar-refractivity contribution in [2.24, 2.45) is 0 Å². The van der Waals surface area contributed by atoms with Crippen molar-refractivity contribution < 1.29 is 24.5 Å². The lowest BCUT2D eigenvalue weighted by molar-refractivity contribution is -0.151. The topological polar surface area (TPSA) is 95.9 Å². The summed E-state index contributed by atoms with van der Waals surface area (Å²) in [5.41, 5.74) is 0. The number of nitrogens with one attached hydrogen (secondary N) is 1. The maximum absolute atomic E-state index is 13.2. The summed E-state index contributed by atoms with van der Waals surface area (Å²) in [6.45, 7) is 6.42. The van der Waals surface area contributed by atoms with Crippen molar-refractivity contribution in [3.05, 3.63) is 72.9 Å². The Morgan fingerprint density at radius 2 is 0.857 bits per heavy atom. The van der Waals surface area contributed by atoms with Gasteiger partial charge in [0.2, 0.25) is 5.91 Å². The molecule has 0 bridgehead atoms. The Morgan fingerprint density at radius 1 is 0.476 bits per heavy atom. The fourth-order valence-corrected chi connectivity index (χ4v) is 7.70. The van der Waals surface area contributed by atoms with Gasteiger partial charge in [0.15, 0.2) is 0 Å². The third kappa shape index (κ3) is 45.7. The molecule has 0 aromatic carbocycles. The zero-order valence-electron chi connectivity index (χ0n) is 41.4. The zero-order valence-corrected chi connectivity index (χ0v) is 41.4. The van der Waals surface area contributed by atoms with Crippen LogP contribution < -0.4 is 5.32 Å². The van der Waals surface area contributed by atoms with Gasteiger partial charge in [-0.3, -0.25) is 9.59 Å². The Hall–Kier alpha value is -2.70. The molecule has 63 heavy (non-hydrogen) atoms. The summed E-state index contributed by atoms with van der Waals surface area (Å²) in [6, 6.07) is -0.719. The summed E-state index contributed by atoms with van der Waals surface area (Å²) in [5.74, 6) is -0.538. The van der Waals surface area contributed by atoms with Crippen LogP contribution in [0.4, 0.5) is 0 Å². The third-order valence-corrected chi connectivity index (χ3v) is 11.8. The molecule has 0 saturated carbocycles. The van der Waals surface area contributed by atoms with Crippen molar-refractivity contribution in [3.63, 3.8) is 0 Å². The van der Waals surface area contributed by atoms with Gasteiger partial charge in [0.1, 0.15) is 6.10 Å². The average molecular weight is 880 g/mol. The van der Waals surface area contributed by atoms with Crippen LogP contribution >= 0.6 is 0 Å². The Labute approximate surface area is 390 Å². The van der Waals surface area contributed by atoms with Gasteiger partial charge < -0.3 is 20.3 Å². The van der Waals surface area contributed by atoms with Crippen LogP contribution in [0, 0.1) is 0 Å². The SMILES string of the molecule is CCCCC/C=C\C/C=C\C/C=C\C/C=C\CCCCCC(=O)OC(CCCCC/C=C/C=C/CCCCCCCCC)CC(=O)NC(CO)C(O)CCCCCCCCCCC. The minimum atomic E-state index is -0.802. The van der Waals surface area contributed by atoms with Gasteiger partial charge in [0, 0.05) is 6.42 Å². The van der Waals surface area contributed by atoms with Gasteiger partial charge in [-0.15, -0.1) is 0 Å². The Bertz CT molecular complexity index is 1170. The second-order valence-electron chi connectivity index (χ2n) is 17.9. The molecule has 0 aliphatic rings. The van der Waals surface area contributed by atoms with E-state index in [1.807, 2.05) is 0 Å². The van der Waals surface area contributed by atoms with Crippen molar-refractivity contribution >= 4 is 11.9 Å². The molecule has 3 N–H and O–H groups in total. The minimum Gasteiger partial charge on any atom is -0.462 e. The Balaban J connectivity index is 4.68. The van der Waals surface area contributed by atoms with Crippen LogP contribution in [0.3, 0.4) is 0 Å². The molecular weight excluding hydrogens is 779 g/mol. The number of aliphatic hydroxyl groups excluding tert-OH is 2. The molecule has 1 amide bonds. The molecule has 0 aromatic heterocycles. The minimum absolute atomic E-state index is 0.0441. The number of allylic oxidation sites excluding steroid dienone is 12. The maximum atomic E-state index is 13.2. The van der Waals surface area contributed by atoms with Crippen LogP contribution in [0.1, 0.15) is 252 Å². The molecule has 364 valence electrons. The summed E-state index contributed by atoms with van der Waals surface area (Å²) < 4.78 is 5.91. The Kier molecular flexibility index (Phi) is 48.1. The summed E-state index contributed by atoms with van der Waals surface area (Å²) >= 11 is 0. The van der Waals surface area contributed by atoms with Crippen molar-refractivity contribution in [1.29, 1.82) is 0 Å². The molecule has 3 atom stereocenters. The molecule has 0 aliphatic heterocycles. The largest absolute Gasteiger partial charge is 0.462 e. The van der Waals surface area contributed by atoms with E-state index in [-0.39, 0.29) is 24.9 Å². The van der Waals surface area contributed by atoms with Crippen LogP contribution in [0.25, 0.3) is 0 Å². The molecular formula is C57H101NO5. The first kappa shape index (κ1) is 60.3. The number of aliphatic hydroxyl groups is 2. The highest BCUT2D eigenvalue weighted by Gasteiger charge is 2.24. The monoisotopic (exact) mass is 880 g/mol. The number of ether oxygens (including phenoxy) is 1. The number of amides is 1. The first-order valence-corrected chi connectivity index (χ1v) is 26.7. The van der Waals surface area contributed by atoms with Crippen molar-refractivity contribution in [2.75, 3.05) is 6.61 Å². The molecule has 6 heteroatoms. The molecule has 0 aromatic rings. The smallest absolute Gasteiger partial charge is 0.306 e. The predicted molar refractivity (Wildman–Crippen MR) is 273 cm³/mol. The fourth-order valence-electron chi connectivity index (χ4n) is 7.70. The van der Waals surface area contributed by atoms with Crippen LogP contribution in [-0.4, -0.2) is 46.9 Å². The molecule has 3 unspecified atom stereocenters. The van der Waals surface area contributed by atoms with E-state index in [0.29, 0.717) is 19.3 Å². The normalized spacial score (nSPS) is 13.8. The van der Waals surface area contributed by atoms with E-state index < -0.39 is 18.2 Å².